The third-order valence-corrected chi connectivity index (χ3v) is 6.95. The Morgan fingerprint density at radius 2 is 1.83 bits per heavy atom. The SMILES string of the molecule is CCN1C(=O)C[C@H](C(=O)Nc2ccccc2)SC1=Nc1ccc(Cc2nc3ccccc3[nH]2)cc1. The van der Waals surface area contributed by atoms with E-state index in [-0.39, 0.29) is 18.2 Å². The van der Waals surface area contributed by atoms with Crippen molar-refractivity contribution in [3.05, 3.63) is 90.3 Å². The number of aromatic nitrogens is 2. The minimum atomic E-state index is -0.531. The van der Waals surface area contributed by atoms with Gasteiger partial charge in [0.2, 0.25) is 11.8 Å². The molecule has 176 valence electrons. The number of H-pyrrole nitrogens is 1. The number of fused-ring (bicyclic) bond motifs is 1. The molecule has 0 spiro atoms. The number of aliphatic imine (C=N–C) groups is 1. The number of hydrogen-bond acceptors (Lipinski definition) is 5. The summed E-state index contributed by atoms with van der Waals surface area (Å²) in [7, 11) is 0. The molecule has 1 aliphatic rings. The van der Waals surface area contributed by atoms with Gasteiger partial charge in [-0.25, -0.2) is 9.98 Å². The van der Waals surface area contributed by atoms with Crippen LogP contribution in [0.5, 0.6) is 0 Å². The summed E-state index contributed by atoms with van der Waals surface area (Å²) in [5.74, 6) is 0.613. The lowest BCUT2D eigenvalue weighted by molar-refractivity contribution is -0.129. The Labute approximate surface area is 207 Å². The molecule has 1 saturated heterocycles. The topological polar surface area (TPSA) is 90.4 Å². The van der Waals surface area contributed by atoms with E-state index >= 15 is 0 Å². The molecular weight excluding hydrogens is 458 g/mol. The van der Waals surface area contributed by atoms with Crippen molar-refractivity contribution in [1.29, 1.82) is 0 Å². The molecule has 8 heteroatoms. The first kappa shape index (κ1) is 22.9. The zero-order chi connectivity index (χ0) is 24.2. The summed E-state index contributed by atoms with van der Waals surface area (Å²) in [6.45, 7) is 2.41. The molecule has 0 unspecified atom stereocenters. The van der Waals surface area contributed by atoms with Crippen molar-refractivity contribution in [1.82, 2.24) is 14.9 Å². The van der Waals surface area contributed by atoms with Gasteiger partial charge in [0.1, 0.15) is 11.1 Å². The van der Waals surface area contributed by atoms with Crippen LogP contribution >= 0.6 is 11.8 Å². The van der Waals surface area contributed by atoms with E-state index in [0.717, 1.165) is 28.1 Å². The molecule has 1 atom stereocenters. The normalized spacial score (nSPS) is 17.2. The van der Waals surface area contributed by atoms with Crippen LogP contribution in [0.15, 0.2) is 83.9 Å². The average Bonchev–Trinajstić information content (AvgIpc) is 3.28. The number of nitrogens with zero attached hydrogens (tertiary/aromatic N) is 3. The lowest BCUT2D eigenvalue weighted by Crippen LogP contribution is -2.45. The van der Waals surface area contributed by atoms with Crippen LogP contribution in [0.25, 0.3) is 11.0 Å². The van der Waals surface area contributed by atoms with Crippen molar-refractivity contribution in [2.75, 3.05) is 11.9 Å². The molecule has 1 aliphatic heterocycles. The van der Waals surface area contributed by atoms with Crippen LogP contribution in [0.4, 0.5) is 11.4 Å². The van der Waals surface area contributed by atoms with E-state index in [0.29, 0.717) is 23.8 Å². The number of thioether (sulfide) groups is 1. The van der Waals surface area contributed by atoms with Crippen molar-refractivity contribution in [3.8, 4) is 0 Å². The first-order chi connectivity index (χ1) is 17.1. The third-order valence-electron chi connectivity index (χ3n) is 5.76. The standard InChI is InChI=1S/C27H25N5O2S/c1-2-32-25(33)17-23(26(34)28-19-8-4-3-5-9-19)35-27(32)29-20-14-12-18(13-15-20)16-24-30-21-10-6-7-11-22(21)31-24/h3-15,23H,2,16-17H2,1H3,(H,28,34)(H,30,31)/t23-/m1/s1. The first-order valence-corrected chi connectivity index (χ1v) is 12.4. The Morgan fingerprint density at radius 1 is 1.09 bits per heavy atom. The molecule has 1 fully saturated rings. The van der Waals surface area contributed by atoms with E-state index in [4.69, 9.17) is 4.99 Å². The fraction of sp³-hybridized carbons (Fsp3) is 0.185. The van der Waals surface area contributed by atoms with Crippen molar-refractivity contribution < 1.29 is 9.59 Å². The van der Waals surface area contributed by atoms with Gasteiger partial charge in [-0.1, -0.05) is 54.2 Å². The van der Waals surface area contributed by atoms with Crippen molar-refractivity contribution in [2.24, 2.45) is 4.99 Å². The molecule has 2 amide bonds. The summed E-state index contributed by atoms with van der Waals surface area (Å²) in [5, 5.41) is 2.91. The predicted octanol–water partition coefficient (Wildman–Crippen LogP) is 5.13. The maximum absolute atomic E-state index is 12.8. The second-order valence-corrected chi connectivity index (χ2v) is 9.41. The highest BCUT2D eigenvalue weighted by atomic mass is 32.2. The largest absolute Gasteiger partial charge is 0.342 e. The average molecular weight is 484 g/mol. The minimum absolute atomic E-state index is 0.0975. The highest BCUT2D eigenvalue weighted by Crippen LogP contribution is 2.30. The second-order valence-electron chi connectivity index (χ2n) is 8.24. The van der Waals surface area contributed by atoms with Crippen LogP contribution in [0, 0.1) is 0 Å². The van der Waals surface area contributed by atoms with Crippen molar-refractivity contribution in [2.45, 2.75) is 25.0 Å². The molecule has 0 saturated carbocycles. The van der Waals surface area contributed by atoms with E-state index in [1.165, 1.54) is 11.8 Å². The van der Waals surface area contributed by atoms with Gasteiger partial charge in [0.25, 0.3) is 0 Å². The van der Waals surface area contributed by atoms with Gasteiger partial charge in [0.05, 0.1) is 16.7 Å². The van der Waals surface area contributed by atoms with E-state index in [1.54, 1.807) is 4.90 Å². The van der Waals surface area contributed by atoms with Crippen LogP contribution in [0.3, 0.4) is 0 Å². The first-order valence-electron chi connectivity index (χ1n) is 11.5. The van der Waals surface area contributed by atoms with Gasteiger partial charge in [-0.15, -0.1) is 0 Å². The van der Waals surface area contributed by atoms with Crippen LogP contribution in [0.1, 0.15) is 24.7 Å². The fourth-order valence-electron chi connectivity index (χ4n) is 3.98. The van der Waals surface area contributed by atoms with Gasteiger partial charge in [-0.2, -0.15) is 0 Å². The molecule has 0 radical (unpaired) electrons. The zero-order valence-electron chi connectivity index (χ0n) is 19.3. The molecule has 2 N–H and O–H groups in total. The second kappa shape index (κ2) is 10.1. The van der Waals surface area contributed by atoms with E-state index in [1.807, 2.05) is 85.8 Å². The smallest absolute Gasteiger partial charge is 0.238 e. The maximum atomic E-state index is 12.8. The van der Waals surface area contributed by atoms with Gasteiger partial charge in [-0.3, -0.25) is 14.5 Å². The minimum Gasteiger partial charge on any atom is -0.342 e. The van der Waals surface area contributed by atoms with Crippen molar-refractivity contribution in [3.63, 3.8) is 0 Å². The Bertz CT molecular complexity index is 1350. The number of amides is 2. The summed E-state index contributed by atoms with van der Waals surface area (Å²) in [6.07, 6.45) is 0.828. The number of nitrogens with one attached hydrogen (secondary N) is 2. The number of hydrogen-bond donors (Lipinski definition) is 2. The van der Waals surface area contributed by atoms with Gasteiger partial charge in [0, 0.05) is 25.1 Å². The Kier molecular flexibility index (Phi) is 6.63. The summed E-state index contributed by atoms with van der Waals surface area (Å²) < 4.78 is 0. The number of anilines is 1. The Hall–Kier alpha value is -3.91. The van der Waals surface area contributed by atoms with Crippen molar-refractivity contribution >= 4 is 51.2 Å². The summed E-state index contributed by atoms with van der Waals surface area (Å²) in [4.78, 5) is 39.9. The van der Waals surface area contributed by atoms with E-state index in [2.05, 4.69) is 15.3 Å². The summed E-state index contributed by atoms with van der Waals surface area (Å²) in [5.41, 5.74) is 4.52. The van der Waals surface area contributed by atoms with Gasteiger partial charge < -0.3 is 10.3 Å². The Morgan fingerprint density at radius 3 is 2.57 bits per heavy atom. The number of imidazole rings is 1. The van der Waals surface area contributed by atoms with Gasteiger partial charge in [-0.05, 0) is 48.9 Å². The molecule has 0 aliphatic carbocycles. The molecule has 3 aromatic carbocycles. The molecule has 1 aromatic heterocycles. The number of carbonyl (C=O) groups is 2. The number of aromatic amines is 1. The zero-order valence-corrected chi connectivity index (χ0v) is 20.1. The molecule has 2 heterocycles. The molecule has 5 rings (SSSR count). The van der Waals surface area contributed by atoms with Crippen LogP contribution < -0.4 is 5.32 Å². The Balaban J connectivity index is 1.31. The van der Waals surface area contributed by atoms with E-state index in [9.17, 15) is 9.59 Å². The lowest BCUT2D eigenvalue weighted by Gasteiger charge is -2.30. The van der Waals surface area contributed by atoms with Gasteiger partial charge >= 0.3 is 0 Å². The summed E-state index contributed by atoms with van der Waals surface area (Å²) >= 11 is 1.33. The predicted molar refractivity (Wildman–Crippen MR) is 141 cm³/mol. The molecule has 0 bridgehead atoms. The highest BCUT2D eigenvalue weighted by molar-refractivity contribution is 8.15. The summed E-state index contributed by atoms with van der Waals surface area (Å²) in [6, 6.07) is 25.1. The number of rotatable bonds is 6. The fourth-order valence-corrected chi connectivity index (χ4v) is 5.14. The molecule has 35 heavy (non-hydrogen) atoms. The quantitative estimate of drug-likeness (QED) is 0.398. The number of amidine groups is 1. The number of para-hydroxylation sites is 3. The lowest BCUT2D eigenvalue weighted by atomic mass is 10.1. The molecule has 7 nitrogen and oxygen atoms in total. The van der Waals surface area contributed by atoms with Crippen LogP contribution in [-0.2, 0) is 16.0 Å². The van der Waals surface area contributed by atoms with E-state index < -0.39 is 5.25 Å². The van der Waals surface area contributed by atoms with Crippen LogP contribution in [-0.4, -0.2) is 43.6 Å². The van der Waals surface area contributed by atoms with Gasteiger partial charge in [0.15, 0.2) is 5.17 Å². The maximum Gasteiger partial charge on any atom is 0.238 e. The van der Waals surface area contributed by atoms with Crippen LogP contribution in [0.2, 0.25) is 0 Å². The number of carbonyl (C=O) groups excluding carboxylic acids is 2. The number of benzene rings is 3. The molecule has 4 aromatic rings. The molecular formula is C27H25N5O2S. The monoisotopic (exact) mass is 483 g/mol. The third kappa shape index (κ3) is 5.27. The highest BCUT2D eigenvalue weighted by Gasteiger charge is 2.35.